The monoisotopic (exact) mass is 256 g/mol. The summed E-state index contributed by atoms with van der Waals surface area (Å²) in [5.74, 6) is 0. The fourth-order valence-corrected chi connectivity index (χ4v) is 3.26. The Morgan fingerprint density at radius 3 is 1.85 bits per heavy atom. The maximum atomic E-state index is 2.30. The lowest BCUT2D eigenvalue weighted by molar-refractivity contribution is 1.32. The highest BCUT2D eigenvalue weighted by Gasteiger charge is 2.26. The molecule has 0 bridgehead atoms. The van der Waals surface area contributed by atoms with Gasteiger partial charge in [-0.25, -0.2) is 0 Å². The van der Waals surface area contributed by atoms with Crippen molar-refractivity contribution in [3.63, 3.8) is 0 Å². The van der Waals surface area contributed by atoms with Gasteiger partial charge in [0.25, 0.3) is 0 Å². The van der Waals surface area contributed by atoms with Crippen LogP contribution in [0.15, 0.2) is 84.0 Å². The summed E-state index contributed by atoms with van der Waals surface area (Å²) >= 11 is 0. The zero-order valence-electron chi connectivity index (χ0n) is 11.3. The van der Waals surface area contributed by atoms with Crippen LogP contribution in [0, 0.1) is 0 Å². The van der Waals surface area contributed by atoms with Crippen molar-refractivity contribution in [2.24, 2.45) is 0 Å². The molecule has 2 aromatic carbocycles. The molecule has 0 heterocycles. The molecule has 0 saturated heterocycles. The topological polar surface area (TPSA) is 0 Å². The normalized spacial score (nSPS) is 17.0. The van der Waals surface area contributed by atoms with E-state index in [9.17, 15) is 0 Å². The summed E-state index contributed by atoms with van der Waals surface area (Å²) in [6.07, 6.45) is 6.72. The second-order valence-electron chi connectivity index (χ2n) is 5.36. The molecule has 0 spiro atoms. The molecule has 0 saturated carbocycles. The molecule has 0 aromatic heterocycles. The number of rotatable bonds is 2. The summed E-state index contributed by atoms with van der Waals surface area (Å²) in [7, 11) is 0. The minimum absolute atomic E-state index is 1.06. The van der Waals surface area contributed by atoms with Crippen LogP contribution in [0.2, 0.25) is 0 Å². The van der Waals surface area contributed by atoms with Crippen LogP contribution in [0.5, 0.6) is 0 Å². The van der Waals surface area contributed by atoms with Crippen LogP contribution in [0.4, 0.5) is 0 Å². The SMILES string of the molecule is C1=CC2=C(c3ccccc3)CC(c3ccccc3)=C2C1. The van der Waals surface area contributed by atoms with Crippen LogP contribution in [0.1, 0.15) is 24.0 Å². The quantitative estimate of drug-likeness (QED) is 0.687. The summed E-state index contributed by atoms with van der Waals surface area (Å²) in [4.78, 5) is 0. The summed E-state index contributed by atoms with van der Waals surface area (Å²) in [6, 6.07) is 21.6. The number of hydrogen-bond donors (Lipinski definition) is 0. The van der Waals surface area contributed by atoms with E-state index in [1.54, 1.807) is 0 Å². The molecule has 96 valence electrons. The zero-order valence-corrected chi connectivity index (χ0v) is 11.3. The Morgan fingerprint density at radius 2 is 1.20 bits per heavy atom. The molecular formula is C20H16. The Bertz CT molecular complexity index is 728. The Kier molecular flexibility index (Phi) is 2.67. The van der Waals surface area contributed by atoms with Gasteiger partial charge in [0.1, 0.15) is 0 Å². The van der Waals surface area contributed by atoms with Gasteiger partial charge in [-0.05, 0) is 46.3 Å². The molecule has 0 unspecified atom stereocenters. The highest BCUT2D eigenvalue weighted by Crippen LogP contribution is 2.47. The summed E-state index contributed by atoms with van der Waals surface area (Å²) in [6.45, 7) is 0. The van der Waals surface area contributed by atoms with E-state index in [2.05, 4.69) is 72.8 Å². The predicted molar refractivity (Wildman–Crippen MR) is 85.1 cm³/mol. The largest absolute Gasteiger partial charge is 0.0795 e. The van der Waals surface area contributed by atoms with Gasteiger partial charge < -0.3 is 0 Å². The smallest absolute Gasteiger partial charge is 0.000477 e. The molecule has 0 atom stereocenters. The van der Waals surface area contributed by atoms with E-state index in [-0.39, 0.29) is 0 Å². The lowest BCUT2D eigenvalue weighted by Crippen LogP contribution is -1.86. The fourth-order valence-electron chi connectivity index (χ4n) is 3.26. The predicted octanol–water partition coefficient (Wildman–Crippen LogP) is 5.26. The minimum Gasteiger partial charge on any atom is -0.0795 e. The molecule has 2 aromatic rings. The highest BCUT2D eigenvalue weighted by molar-refractivity contribution is 5.95. The van der Waals surface area contributed by atoms with Crippen LogP contribution in [-0.4, -0.2) is 0 Å². The first-order chi connectivity index (χ1) is 9.93. The fraction of sp³-hybridized carbons (Fsp3) is 0.100. The van der Waals surface area contributed by atoms with E-state index in [0.29, 0.717) is 0 Å². The van der Waals surface area contributed by atoms with Crippen molar-refractivity contribution in [1.29, 1.82) is 0 Å². The zero-order chi connectivity index (χ0) is 13.4. The Hall–Kier alpha value is -2.34. The molecule has 0 aliphatic heterocycles. The molecule has 0 nitrogen and oxygen atoms in total. The van der Waals surface area contributed by atoms with Crippen molar-refractivity contribution < 1.29 is 0 Å². The Labute approximate surface area is 119 Å². The van der Waals surface area contributed by atoms with Crippen molar-refractivity contribution in [2.45, 2.75) is 12.8 Å². The van der Waals surface area contributed by atoms with Gasteiger partial charge in [0.05, 0.1) is 0 Å². The Morgan fingerprint density at radius 1 is 0.600 bits per heavy atom. The van der Waals surface area contributed by atoms with Crippen molar-refractivity contribution in [2.75, 3.05) is 0 Å². The van der Waals surface area contributed by atoms with Crippen LogP contribution < -0.4 is 0 Å². The van der Waals surface area contributed by atoms with E-state index in [0.717, 1.165) is 12.8 Å². The van der Waals surface area contributed by atoms with Crippen LogP contribution in [0.25, 0.3) is 11.1 Å². The average Bonchev–Trinajstić information content (AvgIpc) is 3.11. The summed E-state index contributed by atoms with van der Waals surface area (Å²) in [5.41, 5.74) is 8.69. The molecule has 0 heteroatoms. The minimum atomic E-state index is 1.06. The first-order valence-electron chi connectivity index (χ1n) is 7.16. The van der Waals surface area contributed by atoms with Gasteiger partial charge in [0, 0.05) is 0 Å². The first kappa shape index (κ1) is 11.5. The molecule has 0 radical (unpaired) electrons. The lowest BCUT2D eigenvalue weighted by atomic mass is 9.97. The third-order valence-electron chi connectivity index (χ3n) is 4.22. The number of benzene rings is 2. The third-order valence-corrected chi connectivity index (χ3v) is 4.22. The molecule has 4 rings (SSSR count). The molecular weight excluding hydrogens is 240 g/mol. The number of fused-ring (bicyclic) bond motifs is 1. The van der Waals surface area contributed by atoms with Gasteiger partial charge in [-0.2, -0.15) is 0 Å². The second kappa shape index (κ2) is 4.64. The van der Waals surface area contributed by atoms with Crippen LogP contribution in [0.3, 0.4) is 0 Å². The van der Waals surface area contributed by atoms with Gasteiger partial charge in [-0.3, -0.25) is 0 Å². The number of hydrogen-bond acceptors (Lipinski definition) is 0. The molecule has 20 heavy (non-hydrogen) atoms. The second-order valence-corrected chi connectivity index (χ2v) is 5.36. The van der Waals surface area contributed by atoms with Gasteiger partial charge in [0.15, 0.2) is 0 Å². The highest BCUT2D eigenvalue weighted by atomic mass is 14.3. The Balaban J connectivity index is 1.81. The maximum absolute atomic E-state index is 2.30. The van der Waals surface area contributed by atoms with Crippen molar-refractivity contribution in [3.8, 4) is 0 Å². The van der Waals surface area contributed by atoms with Gasteiger partial charge >= 0.3 is 0 Å². The molecule has 2 aliphatic rings. The van der Waals surface area contributed by atoms with Crippen molar-refractivity contribution in [3.05, 3.63) is 95.1 Å². The summed E-state index contributed by atoms with van der Waals surface area (Å²) in [5, 5.41) is 0. The third kappa shape index (κ3) is 1.77. The van der Waals surface area contributed by atoms with E-state index >= 15 is 0 Å². The van der Waals surface area contributed by atoms with Gasteiger partial charge in [-0.1, -0.05) is 72.8 Å². The summed E-state index contributed by atoms with van der Waals surface area (Å²) < 4.78 is 0. The van der Waals surface area contributed by atoms with Crippen molar-refractivity contribution >= 4 is 11.1 Å². The van der Waals surface area contributed by atoms with Gasteiger partial charge in [0.2, 0.25) is 0 Å². The standard InChI is InChI=1S/C20H16/c1-3-8-15(9-4-1)19-14-20(16-10-5-2-6-11-16)18-13-7-12-17(18)19/h1-12H,13-14H2. The van der Waals surface area contributed by atoms with E-state index in [1.807, 2.05) is 0 Å². The van der Waals surface area contributed by atoms with Crippen LogP contribution >= 0.6 is 0 Å². The molecule has 0 amide bonds. The average molecular weight is 256 g/mol. The first-order valence-corrected chi connectivity index (χ1v) is 7.16. The maximum Gasteiger partial charge on any atom is -0.000477 e. The molecule has 0 fully saturated rings. The number of allylic oxidation sites excluding steroid dienone is 6. The van der Waals surface area contributed by atoms with Crippen molar-refractivity contribution in [1.82, 2.24) is 0 Å². The molecule has 0 N–H and O–H groups in total. The lowest BCUT2D eigenvalue weighted by Gasteiger charge is -2.07. The van der Waals surface area contributed by atoms with Crippen LogP contribution in [-0.2, 0) is 0 Å². The van der Waals surface area contributed by atoms with E-state index in [1.165, 1.54) is 33.4 Å². The molecule has 2 aliphatic carbocycles. The van der Waals surface area contributed by atoms with E-state index in [4.69, 9.17) is 0 Å². The van der Waals surface area contributed by atoms with E-state index < -0.39 is 0 Å². The van der Waals surface area contributed by atoms with Gasteiger partial charge in [-0.15, -0.1) is 0 Å².